The summed E-state index contributed by atoms with van der Waals surface area (Å²) in [6.07, 6.45) is 0. The lowest BCUT2D eigenvalue weighted by atomic mass is 9.97. The van der Waals surface area contributed by atoms with Crippen molar-refractivity contribution in [2.45, 2.75) is 0 Å². The highest BCUT2D eigenvalue weighted by molar-refractivity contribution is 5.83. The van der Waals surface area contributed by atoms with Crippen molar-refractivity contribution in [1.29, 1.82) is 5.26 Å². The fraction of sp³-hybridized carbons (Fsp3) is 0.100. The number of ether oxygens (including phenoxy) is 2. The Morgan fingerprint density at radius 1 is 0.960 bits per heavy atom. The molecular weight excluding hydrogens is 314 g/mol. The standard InChI is InChI=1S/C20H17N3O2/c1-24-14-8-9-19(25-2)16(10-14)15-11-18(13-6-4-3-5-7-13)23-20(22)17(15)12-21/h3-11H,1-2H3,(H2,22,23). The van der Waals surface area contributed by atoms with Crippen molar-refractivity contribution in [3.8, 4) is 40.0 Å². The van der Waals surface area contributed by atoms with Crippen LogP contribution in [0.1, 0.15) is 5.56 Å². The molecule has 0 atom stereocenters. The number of benzene rings is 2. The van der Waals surface area contributed by atoms with Crippen molar-refractivity contribution in [1.82, 2.24) is 4.98 Å². The third kappa shape index (κ3) is 3.10. The van der Waals surface area contributed by atoms with E-state index in [0.29, 0.717) is 28.3 Å². The molecule has 3 aromatic rings. The number of hydrogen-bond donors (Lipinski definition) is 1. The van der Waals surface area contributed by atoms with Crippen molar-refractivity contribution >= 4 is 5.82 Å². The molecule has 25 heavy (non-hydrogen) atoms. The first-order valence-corrected chi connectivity index (χ1v) is 7.66. The van der Waals surface area contributed by atoms with E-state index in [9.17, 15) is 5.26 Å². The van der Waals surface area contributed by atoms with Gasteiger partial charge < -0.3 is 15.2 Å². The normalized spacial score (nSPS) is 10.1. The third-order valence-corrected chi connectivity index (χ3v) is 3.93. The van der Waals surface area contributed by atoms with Crippen LogP contribution < -0.4 is 15.2 Å². The van der Waals surface area contributed by atoms with Crippen molar-refractivity contribution in [3.05, 3.63) is 60.2 Å². The van der Waals surface area contributed by atoms with Gasteiger partial charge in [-0.05, 0) is 24.3 Å². The lowest BCUT2D eigenvalue weighted by Gasteiger charge is -2.14. The number of pyridine rings is 1. The summed E-state index contributed by atoms with van der Waals surface area (Å²) in [6, 6.07) is 19.1. The molecule has 1 aromatic heterocycles. The Morgan fingerprint density at radius 2 is 1.72 bits per heavy atom. The molecule has 0 radical (unpaired) electrons. The second-order valence-electron chi connectivity index (χ2n) is 5.36. The molecule has 0 fully saturated rings. The molecule has 0 saturated heterocycles. The maximum Gasteiger partial charge on any atom is 0.142 e. The van der Waals surface area contributed by atoms with Gasteiger partial charge in [0.2, 0.25) is 0 Å². The van der Waals surface area contributed by atoms with Crippen molar-refractivity contribution in [2.24, 2.45) is 0 Å². The van der Waals surface area contributed by atoms with Crippen LogP contribution >= 0.6 is 0 Å². The fourth-order valence-electron chi connectivity index (χ4n) is 2.68. The molecule has 0 spiro atoms. The highest BCUT2D eigenvalue weighted by Crippen LogP contribution is 2.38. The molecule has 2 N–H and O–H groups in total. The van der Waals surface area contributed by atoms with Gasteiger partial charge in [0.1, 0.15) is 28.9 Å². The van der Waals surface area contributed by atoms with Gasteiger partial charge in [-0.3, -0.25) is 0 Å². The Kier molecular flexibility index (Phi) is 4.53. The predicted molar refractivity (Wildman–Crippen MR) is 97.3 cm³/mol. The summed E-state index contributed by atoms with van der Waals surface area (Å²) in [7, 11) is 3.17. The lowest BCUT2D eigenvalue weighted by Crippen LogP contribution is -2.01. The number of nitrogens with two attached hydrogens (primary N) is 1. The number of aromatic nitrogens is 1. The Hall–Kier alpha value is -3.52. The maximum absolute atomic E-state index is 9.57. The van der Waals surface area contributed by atoms with E-state index in [1.54, 1.807) is 26.4 Å². The number of hydrogen-bond acceptors (Lipinski definition) is 5. The Labute approximate surface area is 146 Å². The van der Waals surface area contributed by atoms with Crippen LogP contribution in [0, 0.1) is 11.3 Å². The first-order valence-electron chi connectivity index (χ1n) is 7.66. The summed E-state index contributed by atoms with van der Waals surface area (Å²) in [5.41, 5.74) is 9.37. The minimum Gasteiger partial charge on any atom is -0.497 e. The van der Waals surface area contributed by atoms with E-state index < -0.39 is 0 Å². The average molecular weight is 331 g/mol. The van der Waals surface area contributed by atoms with E-state index in [4.69, 9.17) is 15.2 Å². The van der Waals surface area contributed by atoms with Gasteiger partial charge in [-0.1, -0.05) is 30.3 Å². The topological polar surface area (TPSA) is 81.2 Å². The number of methoxy groups -OCH3 is 2. The van der Waals surface area contributed by atoms with Gasteiger partial charge in [0.25, 0.3) is 0 Å². The zero-order valence-corrected chi connectivity index (χ0v) is 14.0. The molecule has 0 aliphatic heterocycles. The van der Waals surface area contributed by atoms with Crippen molar-refractivity contribution in [3.63, 3.8) is 0 Å². The molecular formula is C20H17N3O2. The zero-order chi connectivity index (χ0) is 17.8. The van der Waals surface area contributed by atoms with Gasteiger partial charge in [0, 0.05) is 16.7 Å². The number of nitrogen functional groups attached to an aromatic ring is 1. The molecule has 124 valence electrons. The minimum atomic E-state index is 0.184. The van der Waals surface area contributed by atoms with E-state index >= 15 is 0 Å². The molecule has 5 heteroatoms. The first kappa shape index (κ1) is 16.3. The molecule has 0 aliphatic carbocycles. The quantitative estimate of drug-likeness (QED) is 0.784. The van der Waals surface area contributed by atoms with Gasteiger partial charge in [0.15, 0.2) is 0 Å². The smallest absolute Gasteiger partial charge is 0.142 e. The molecule has 0 unspecified atom stereocenters. The molecule has 3 rings (SSSR count). The summed E-state index contributed by atoms with van der Waals surface area (Å²) >= 11 is 0. The molecule has 2 aromatic carbocycles. The van der Waals surface area contributed by atoms with E-state index in [-0.39, 0.29) is 5.82 Å². The maximum atomic E-state index is 9.57. The summed E-state index contributed by atoms with van der Waals surface area (Å²) in [4.78, 5) is 4.38. The summed E-state index contributed by atoms with van der Waals surface area (Å²) in [5.74, 6) is 1.47. The van der Waals surface area contributed by atoms with Crippen LogP contribution in [0.25, 0.3) is 22.4 Å². The van der Waals surface area contributed by atoms with E-state index in [0.717, 1.165) is 11.1 Å². The SMILES string of the molecule is COc1ccc(OC)c(-c2cc(-c3ccccc3)nc(N)c2C#N)c1. The molecule has 0 saturated carbocycles. The van der Waals surface area contributed by atoms with E-state index in [1.165, 1.54) is 0 Å². The van der Waals surface area contributed by atoms with Crippen LogP contribution in [0.5, 0.6) is 11.5 Å². The molecule has 1 heterocycles. The lowest BCUT2D eigenvalue weighted by molar-refractivity contribution is 0.404. The van der Waals surface area contributed by atoms with Crippen LogP contribution in [-0.4, -0.2) is 19.2 Å². The van der Waals surface area contributed by atoms with Gasteiger partial charge in [-0.15, -0.1) is 0 Å². The highest BCUT2D eigenvalue weighted by Gasteiger charge is 2.17. The van der Waals surface area contributed by atoms with Crippen LogP contribution in [0.3, 0.4) is 0 Å². The second kappa shape index (κ2) is 6.93. The van der Waals surface area contributed by atoms with Crippen molar-refractivity contribution < 1.29 is 9.47 Å². The molecule has 0 amide bonds. The van der Waals surface area contributed by atoms with Crippen LogP contribution in [0.15, 0.2) is 54.6 Å². The predicted octanol–water partition coefficient (Wildman–Crippen LogP) is 3.89. The summed E-state index contributed by atoms with van der Waals surface area (Å²) < 4.78 is 10.8. The Morgan fingerprint density at radius 3 is 2.36 bits per heavy atom. The van der Waals surface area contributed by atoms with E-state index in [2.05, 4.69) is 11.1 Å². The number of nitriles is 1. The minimum absolute atomic E-state index is 0.184. The van der Waals surface area contributed by atoms with Gasteiger partial charge in [-0.2, -0.15) is 5.26 Å². The third-order valence-electron chi connectivity index (χ3n) is 3.93. The average Bonchev–Trinajstić information content (AvgIpc) is 2.67. The first-order chi connectivity index (χ1) is 12.2. The Balaban J connectivity index is 2.29. The van der Waals surface area contributed by atoms with Crippen LogP contribution in [0.4, 0.5) is 5.82 Å². The van der Waals surface area contributed by atoms with E-state index in [1.807, 2.05) is 42.5 Å². The monoisotopic (exact) mass is 331 g/mol. The Bertz CT molecular complexity index is 947. The number of anilines is 1. The van der Waals surface area contributed by atoms with Gasteiger partial charge >= 0.3 is 0 Å². The van der Waals surface area contributed by atoms with Crippen LogP contribution in [0.2, 0.25) is 0 Å². The number of rotatable bonds is 4. The largest absolute Gasteiger partial charge is 0.497 e. The molecule has 5 nitrogen and oxygen atoms in total. The fourth-order valence-corrected chi connectivity index (χ4v) is 2.68. The van der Waals surface area contributed by atoms with Gasteiger partial charge in [0.05, 0.1) is 19.9 Å². The highest BCUT2D eigenvalue weighted by atomic mass is 16.5. The molecule has 0 bridgehead atoms. The summed E-state index contributed by atoms with van der Waals surface area (Å²) in [5, 5.41) is 9.57. The van der Waals surface area contributed by atoms with Gasteiger partial charge in [-0.25, -0.2) is 4.98 Å². The van der Waals surface area contributed by atoms with Crippen molar-refractivity contribution in [2.75, 3.05) is 20.0 Å². The summed E-state index contributed by atoms with van der Waals surface area (Å²) in [6.45, 7) is 0. The van der Waals surface area contributed by atoms with Crippen LogP contribution in [-0.2, 0) is 0 Å². The number of nitrogens with zero attached hydrogens (tertiary/aromatic N) is 2. The second-order valence-corrected chi connectivity index (χ2v) is 5.36. The zero-order valence-electron chi connectivity index (χ0n) is 14.0. The molecule has 0 aliphatic rings.